The molecule has 0 aromatic heterocycles. The Kier molecular flexibility index (Phi) is 8.53. The molecule has 0 bridgehead atoms. The fourth-order valence-electron chi connectivity index (χ4n) is 2.09. The van der Waals surface area contributed by atoms with Gasteiger partial charge in [-0.2, -0.15) is 0 Å². The molecule has 0 aromatic rings. The lowest BCUT2D eigenvalue weighted by atomic mass is 9.83. The van der Waals surface area contributed by atoms with Crippen molar-refractivity contribution in [2.45, 2.75) is 59.3 Å². The molecule has 13 heavy (non-hydrogen) atoms. The Balaban J connectivity index is 0.000000671. The Hall–Kier alpha value is -0.0400. The molecule has 1 aliphatic carbocycles. The highest BCUT2D eigenvalue weighted by molar-refractivity contribution is 4.68. The molecule has 1 aliphatic rings. The summed E-state index contributed by atoms with van der Waals surface area (Å²) in [6.45, 7) is 7.14. The summed E-state index contributed by atoms with van der Waals surface area (Å²) in [6, 6.07) is 0. The fourth-order valence-corrected chi connectivity index (χ4v) is 2.09. The molecular formula is C12H27N. The van der Waals surface area contributed by atoms with Crippen molar-refractivity contribution in [3.8, 4) is 0 Å². The van der Waals surface area contributed by atoms with Gasteiger partial charge < -0.3 is 5.73 Å². The Morgan fingerprint density at radius 1 is 1.15 bits per heavy atom. The quantitative estimate of drug-likeness (QED) is 0.714. The van der Waals surface area contributed by atoms with Crippen molar-refractivity contribution in [3.05, 3.63) is 0 Å². The zero-order valence-corrected chi connectivity index (χ0v) is 9.68. The van der Waals surface area contributed by atoms with Crippen LogP contribution >= 0.6 is 0 Å². The van der Waals surface area contributed by atoms with Gasteiger partial charge in [-0.25, -0.2) is 0 Å². The van der Waals surface area contributed by atoms with Gasteiger partial charge in [0, 0.05) is 0 Å². The second-order valence-corrected chi connectivity index (χ2v) is 4.08. The number of hydrogen-bond acceptors (Lipinski definition) is 1. The van der Waals surface area contributed by atoms with Crippen molar-refractivity contribution in [2.75, 3.05) is 6.54 Å². The van der Waals surface area contributed by atoms with Crippen LogP contribution in [0.25, 0.3) is 0 Å². The lowest BCUT2D eigenvalue weighted by Gasteiger charge is -2.23. The third kappa shape index (κ3) is 6.09. The Morgan fingerprint density at radius 2 is 1.69 bits per heavy atom. The Morgan fingerprint density at radius 3 is 2.15 bits per heavy atom. The lowest BCUT2D eigenvalue weighted by Crippen LogP contribution is -2.16. The standard InChI is InChI=1S/C10H21N.C2H6/c1-9(8-11)7-10-5-3-2-4-6-10;1-2/h9-10H,2-8,11H2,1H3;1-2H3. The van der Waals surface area contributed by atoms with Gasteiger partial charge in [0.25, 0.3) is 0 Å². The predicted octanol–water partition coefficient (Wildman–Crippen LogP) is 3.58. The highest BCUT2D eigenvalue weighted by atomic mass is 14.5. The van der Waals surface area contributed by atoms with Gasteiger partial charge in [0.05, 0.1) is 0 Å². The Labute approximate surface area is 84.1 Å². The van der Waals surface area contributed by atoms with E-state index < -0.39 is 0 Å². The van der Waals surface area contributed by atoms with Gasteiger partial charge >= 0.3 is 0 Å². The van der Waals surface area contributed by atoms with E-state index in [4.69, 9.17) is 5.73 Å². The van der Waals surface area contributed by atoms with Crippen LogP contribution in [0, 0.1) is 11.8 Å². The van der Waals surface area contributed by atoms with Crippen molar-refractivity contribution >= 4 is 0 Å². The van der Waals surface area contributed by atoms with Crippen LogP contribution in [-0.4, -0.2) is 6.54 Å². The lowest BCUT2D eigenvalue weighted by molar-refractivity contribution is 0.299. The van der Waals surface area contributed by atoms with Gasteiger partial charge in [-0.05, 0) is 24.8 Å². The molecule has 0 aliphatic heterocycles. The molecule has 0 amide bonds. The average Bonchev–Trinajstić information content (AvgIpc) is 2.22. The summed E-state index contributed by atoms with van der Waals surface area (Å²) in [7, 11) is 0. The number of hydrogen-bond donors (Lipinski definition) is 1. The van der Waals surface area contributed by atoms with Gasteiger partial charge in [0.15, 0.2) is 0 Å². The molecule has 80 valence electrons. The van der Waals surface area contributed by atoms with Gasteiger partial charge in [-0.3, -0.25) is 0 Å². The highest BCUT2D eigenvalue weighted by Gasteiger charge is 2.15. The molecule has 0 saturated heterocycles. The van der Waals surface area contributed by atoms with Crippen LogP contribution < -0.4 is 5.73 Å². The first kappa shape index (κ1) is 13.0. The highest BCUT2D eigenvalue weighted by Crippen LogP contribution is 2.28. The maximum absolute atomic E-state index is 5.59. The van der Waals surface area contributed by atoms with Crippen molar-refractivity contribution in [3.63, 3.8) is 0 Å². The van der Waals surface area contributed by atoms with E-state index >= 15 is 0 Å². The summed E-state index contributed by atoms with van der Waals surface area (Å²) < 4.78 is 0. The smallest absolute Gasteiger partial charge is 0.00514 e. The van der Waals surface area contributed by atoms with Crippen LogP contribution in [0.3, 0.4) is 0 Å². The zero-order chi connectivity index (χ0) is 10.1. The van der Waals surface area contributed by atoms with E-state index in [9.17, 15) is 0 Å². The van der Waals surface area contributed by atoms with Crippen molar-refractivity contribution in [2.24, 2.45) is 17.6 Å². The molecule has 0 aromatic carbocycles. The number of rotatable bonds is 3. The first-order valence-corrected chi connectivity index (χ1v) is 6.03. The maximum atomic E-state index is 5.59. The van der Waals surface area contributed by atoms with Gasteiger partial charge in [0.1, 0.15) is 0 Å². The summed E-state index contributed by atoms with van der Waals surface area (Å²) in [4.78, 5) is 0. The second kappa shape index (κ2) is 8.55. The molecule has 1 rings (SSSR count). The van der Waals surface area contributed by atoms with Crippen LogP contribution in [0.4, 0.5) is 0 Å². The molecule has 0 heterocycles. The van der Waals surface area contributed by atoms with Crippen LogP contribution in [0.2, 0.25) is 0 Å². The zero-order valence-electron chi connectivity index (χ0n) is 9.68. The SMILES string of the molecule is CC.CC(CN)CC1CCCCC1. The largest absolute Gasteiger partial charge is 0.330 e. The summed E-state index contributed by atoms with van der Waals surface area (Å²) in [6.07, 6.45) is 8.68. The van der Waals surface area contributed by atoms with E-state index in [1.165, 1.54) is 38.5 Å². The molecular weight excluding hydrogens is 158 g/mol. The van der Waals surface area contributed by atoms with Crippen LogP contribution in [0.5, 0.6) is 0 Å². The molecule has 1 atom stereocenters. The van der Waals surface area contributed by atoms with E-state index in [0.717, 1.165) is 18.4 Å². The van der Waals surface area contributed by atoms with Gasteiger partial charge in [-0.1, -0.05) is 52.9 Å². The predicted molar refractivity (Wildman–Crippen MR) is 60.8 cm³/mol. The minimum absolute atomic E-state index is 0.748. The van der Waals surface area contributed by atoms with Gasteiger partial charge in [0.2, 0.25) is 0 Å². The first-order valence-electron chi connectivity index (χ1n) is 6.03. The minimum atomic E-state index is 0.748. The molecule has 1 heteroatoms. The van der Waals surface area contributed by atoms with E-state index in [-0.39, 0.29) is 0 Å². The normalized spacial score (nSPS) is 20.3. The average molecular weight is 185 g/mol. The summed E-state index contributed by atoms with van der Waals surface area (Å²) in [5.41, 5.74) is 5.59. The molecule has 0 radical (unpaired) electrons. The van der Waals surface area contributed by atoms with Crippen molar-refractivity contribution in [1.29, 1.82) is 0 Å². The summed E-state index contributed by atoms with van der Waals surface area (Å²) >= 11 is 0. The third-order valence-corrected chi connectivity index (χ3v) is 2.86. The molecule has 1 saturated carbocycles. The van der Waals surface area contributed by atoms with E-state index in [1.807, 2.05) is 13.8 Å². The van der Waals surface area contributed by atoms with E-state index in [2.05, 4.69) is 6.92 Å². The topological polar surface area (TPSA) is 26.0 Å². The minimum Gasteiger partial charge on any atom is -0.330 e. The van der Waals surface area contributed by atoms with Crippen LogP contribution in [0.15, 0.2) is 0 Å². The van der Waals surface area contributed by atoms with Gasteiger partial charge in [-0.15, -0.1) is 0 Å². The van der Waals surface area contributed by atoms with Crippen molar-refractivity contribution < 1.29 is 0 Å². The monoisotopic (exact) mass is 185 g/mol. The second-order valence-electron chi connectivity index (χ2n) is 4.08. The van der Waals surface area contributed by atoms with Crippen LogP contribution in [0.1, 0.15) is 59.3 Å². The maximum Gasteiger partial charge on any atom is -0.00514 e. The Bertz CT molecular complexity index is 95.3. The molecule has 1 unspecified atom stereocenters. The molecule has 1 nitrogen and oxygen atoms in total. The first-order chi connectivity index (χ1) is 6.33. The van der Waals surface area contributed by atoms with E-state index in [1.54, 1.807) is 0 Å². The summed E-state index contributed by atoms with van der Waals surface area (Å²) in [5.74, 6) is 1.75. The molecule has 2 N–H and O–H groups in total. The van der Waals surface area contributed by atoms with E-state index in [0.29, 0.717) is 0 Å². The summed E-state index contributed by atoms with van der Waals surface area (Å²) in [5, 5.41) is 0. The molecule has 0 spiro atoms. The van der Waals surface area contributed by atoms with Crippen molar-refractivity contribution in [1.82, 2.24) is 0 Å². The number of nitrogens with two attached hydrogens (primary N) is 1. The fraction of sp³-hybridized carbons (Fsp3) is 1.00. The third-order valence-electron chi connectivity index (χ3n) is 2.86. The molecule has 1 fully saturated rings. The van der Waals surface area contributed by atoms with Crippen LogP contribution in [-0.2, 0) is 0 Å².